The molecule has 0 aliphatic carbocycles. The third kappa shape index (κ3) is 5.47. The lowest BCUT2D eigenvalue weighted by molar-refractivity contribution is -0.145. The maximum atomic E-state index is 11.7. The largest absolute Gasteiger partial charge is 0.482 e. The average molecular weight is 317 g/mol. The SMILES string of the molecule is CCOC(=O)COc1ccc(/C(C)=C(/C#N)C(=O)OCC)cc1. The standard InChI is InChI=1S/C17H19NO5/c1-4-21-16(19)11-23-14-8-6-13(7-9-14)12(3)15(10-18)17(20)22-5-2/h6-9H,4-5,11H2,1-3H3/b15-12-. The number of esters is 2. The number of rotatable bonds is 7. The van der Waals surface area contributed by atoms with Gasteiger partial charge in [0.05, 0.1) is 13.2 Å². The van der Waals surface area contributed by atoms with Crippen LogP contribution in [-0.4, -0.2) is 31.8 Å². The van der Waals surface area contributed by atoms with Crippen molar-refractivity contribution in [3.05, 3.63) is 35.4 Å². The van der Waals surface area contributed by atoms with E-state index in [-0.39, 0.29) is 18.8 Å². The van der Waals surface area contributed by atoms with Gasteiger partial charge in [-0.1, -0.05) is 12.1 Å². The number of hydrogen-bond donors (Lipinski definition) is 0. The number of carbonyl (C=O) groups is 2. The van der Waals surface area contributed by atoms with Crippen molar-refractivity contribution in [2.24, 2.45) is 0 Å². The Morgan fingerprint density at radius 3 is 2.22 bits per heavy atom. The first-order chi connectivity index (χ1) is 11.0. The molecule has 23 heavy (non-hydrogen) atoms. The van der Waals surface area contributed by atoms with E-state index in [1.165, 1.54) is 0 Å². The Balaban J connectivity index is 2.84. The Kier molecular flexibility index (Phi) is 7.34. The van der Waals surface area contributed by atoms with E-state index in [1.807, 2.05) is 6.07 Å². The van der Waals surface area contributed by atoms with E-state index in [0.717, 1.165) is 0 Å². The molecule has 0 aliphatic heterocycles. The molecule has 0 aliphatic rings. The Labute approximate surface area is 135 Å². The van der Waals surface area contributed by atoms with Crippen molar-refractivity contribution in [1.29, 1.82) is 5.26 Å². The average Bonchev–Trinajstić information content (AvgIpc) is 2.54. The normalized spacial score (nSPS) is 11.0. The van der Waals surface area contributed by atoms with Gasteiger partial charge in [0.25, 0.3) is 0 Å². The highest BCUT2D eigenvalue weighted by Gasteiger charge is 2.15. The van der Waals surface area contributed by atoms with Crippen LogP contribution in [0.1, 0.15) is 26.3 Å². The lowest BCUT2D eigenvalue weighted by Gasteiger charge is -2.08. The molecule has 0 aromatic heterocycles. The second kappa shape index (κ2) is 9.26. The molecule has 0 saturated carbocycles. The Morgan fingerprint density at radius 1 is 1.09 bits per heavy atom. The molecule has 0 amide bonds. The van der Waals surface area contributed by atoms with E-state index >= 15 is 0 Å². The van der Waals surface area contributed by atoms with Gasteiger partial charge in [0.15, 0.2) is 6.61 Å². The minimum atomic E-state index is -0.643. The van der Waals surface area contributed by atoms with Gasteiger partial charge in [-0.05, 0) is 44.0 Å². The van der Waals surface area contributed by atoms with Crippen LogP contribution >= 0.6 is 0 Å². The topological polar surface area (TPSA) is 85.6 Å². The summed E-state index contributed by atoms with van der Waals surface area (Å²) in [7, 11) is 0. The molecule has 1 aromatic carbocycles. The number of allylic oxidation sites excluding steroid dienone is 1. The molecule has 6 heteroatoms. The summed E-state index contributed by atoms with van der Waals surface area (Å²) in [6.07, 6.45) is 0. The van der Waals surface area contributed by atoms with Crippen molar-refractivity contribution in [3.63, 3.8) is 0 Å². The van der Waals surface area contributed by atoms with Crippen LogP contribution in [0.3, 0.4) is 0 Å². The van der Waals surface area contributed by atoms with Crippen LogP contribution in [0, 0.1) is 11.3 Å². The minimum Gasteiger partial charge on any atom is -0.482 e. The summed E-state index contributed by atoms with van der Waals surface area (Å²) in [5, 5.41) is 9.12. The predicted molar refractivity (Wildman–Crippen MR) is 83.4 cm³/mol. The maximum Gasteiger partial charge on any atom is 0.349 e. The van der Waals surface area contributed by atoms with E-state index in [2.05, 4.69) is 0 Å². The van der Waals surface area contributed by atoms with Crippen molar-refractivity contribution in [1.82, 2.24) is 0 Å². The van der Waals surface area contributed by atoms with Gasteiger partial charge in [0.1, 0.15) is 17.4 Å². The van der Waals surface area contributed by atoms with E-state index in [1.54, 1.807) is 45.0 Å². The third-order valence-electron chi connectivity index (χ3n) is 2.92. The zero-order chi connectivity index (χ0) is 17.2. The Bertz CT molecular complexity index is 625. The summed E-state index contributed by atoms with van der Waals surface area (Å²) in [4.78, 5) is 22.9. The summed E-state index contributed by atoms with van der Waals surface area (Å²) >= 11 is 0. The molecule has 0 fully saturated rings. The van der Waals surface area contributed by atoms with Gasteiger partial charge in [0.2, 0.25) is 0 Å². The summed E-state index contributed by atoms with van der Waals surface area (Å²) in [6, 6.07) is 8.57. The smallest absolute Gasteiger partial charge is 0.349 e. The van der Waals surface area contributed by atoms with Crippen molar-refractivity contribution >= 4 is 17.5 Å². The van der Waals surface area contributed by atoms with Crippen molar-refractivity contribution < 1.29 is 23.8 Å². The van der Waals surface area contributed by atoms with Crippen LogP contribution in [0.5, 0.6) is 5.75 Å². The number of carbonyl (C=O) groups excluding carboxylic acids is 2. The first kappa shape index (κ1) is 18.2. The molecule has 0 spiro atoms. The molecule has 0 unspecified atom stereocenters. The fraction of sp³-hybridized carbons (Fsp3) is 0.353. The van der Waals surface area contributed by atoms with Crippen LogP contribution in [0.2, 0.25) is 0 Å². The highest BCUT2D eigenvalue weighted by molar-refractivity contribution is 6.01. The molecular formula is C17H19NO5. The molecule has 0 saturated heterocycles. The van der Waals surface area contributed by atoms with E-state index in [4.69, 9.17) is 19.5 Å². The van der Waals surface area contributed by atoms with Gasteiger partial charge in [-0.25, -0.2) is 9.59 Å². The Hall–Kier alpha value is -2.81. The van der Waals surface area contributed by atoms with Crippen molar-refractivity contribution in [2.75, 3.05) is 19.8 Å². The fourth-order valence-electron chi connectivity index (χ4n) is 1.78. The molecule has 0 radical (unpaired) electrons. The van der Waals surface area contributed by atoms with Gasteiger partial charge in [-0.2, -0.15) is 5.26 Å². The van der Waals surface area contributed by atoms with Gasteiger partial charge >= 0.3 is 11.9 Å². The minimum absolute atomic E-state index is 0.0351. The summed E-state index contributed by atoms with van der Waals surface area (Å²) in [5.74, 6) is -0.596. The summed E-state index contributed by atoms with van der Waals surface area (Å²) in [5.41, 5.74) is 1.17. The lowest BCUT2D eigenvalue weighted by Crippen LogP contribution is -2.14. The molecule has 0 bridgehead atoms. The molecule has 1 rings (SSSR count). The molecule has 1 aromatic rings. The van der Waals surface area contributed by atoms with E-state index in [9.17, 15) is 9.59 Å². The third-order valence-corrected chi connectivity index (χ3v) is 2.92. The number of benzene rings is 1. The zero-order valence-corrected chi connectivity index (χ0v) is 13.4. The van der Waals surface area contributed by atoms with E-state index < -0.39 is 11.9 Å². The number of hydrogen-bond acceptors (Lipinski definition) is 6. The van der Waals surface area contributed by atoms with Gasteiger partial charge in [0, 0.05) is 0 Å². The van der Waals surface area contributed by atoms with Crippen LogP contribution in [0.25, 0.3) is 5.57 Å². The first-order valence-corrected chi connectivity index (χ1v) is 7.20. The molecule has 0 heterocycles. The van der Waals surface area contributed by atoms with E-state index in [0.29, 0.717) is 23.5 Å². The van der Waals surface area contributed by atoms with Crippen LogP contribution in [0.15, 0.2) is 29.8 Å². The van der Waals surface area contributed by atoms with Gasteiger partial charge in [-0.15, -0.1) is 0 Å². The highest BCUT2D eigenvalue weighted by atomic mass is 16.6. The van der Waals surface area contributed by atoms with Crippen LogP contribution < -0.4 is 4.74 Å². The van der Waals surface area contributed by atoms with Gasteiger partial charge in [-0.3, -0.25) is 0 Å². The Morgan fingerprint density at radius 2 is 1.70 bits per heavy atom. The molecule has 0 atom stereocenters. The summed E-state index contributed by atoms with van der Waals surface area (Å²) in [6.45, 7) is 5.40. The highest BCUT2D eigenvalue weighted by Crippen LogP contribution is 2.22. The molecule has 6 nitrogen and oxygen atoms in total. The molecule has 0 N–H and O–H groups in total. The van der Waals surface area contributed by atoms with Crippen LogP contribution in [0.4, 0.5) is 0 Å². The fourth-order valence-corrected chi connectivity index (χ4v) is 1.78. The quantitative estimate of drug-likeness (QED) is 0.436. The molecular weight excluding hydrogens is 298 g/mol. The number of nitrogens with zero attached hydrogens (tertiary/aromatic N) is 1. The maximum absolute atomic E-state index is 11.7. The summed E-state index contributed by atoms with van der Waals surface area (Å²) < 4.78 is 14.9. The monoisotopic (exact) mass is 317 g/mol. The van der Waals surface area contributed by atoms with Crippen LogP contribution in [-0.2, 0) is 19.1 Å². The van der Waals surface area contributed by atoms with Gasteiger partial charge < -0.3 is 14.2 Å². The molecule has 122 valence electrons. The second-order valence-corrected chi connectivity index (χ2v) is 4.45. The lowest BCUT2D eigenvalue weighted by atomic mass is 10.0. The second-order valence-electron chi connectivity index (χ2n) is 4.45. The number of ether oxygens (including phenoxy) is 3. The zero-order valence-electron chi connectivity index (χ0n) is 13.4. The number of nitriles is 1. The van der Waals surface area contributed by atoms with Crippen molar-refractivity contribution in [2.45, 2.75) is 20.8 Å². The first-order valence-electron chi connectivity index (χ1n) is 7.20. The predicted octanol–water partition coefficient (Wildman–Crippen LogP) is 2.49. The van der Waals surface area contributed by atoms with Crippen molar-refractivity contribution in [3.8, 4) is 11.8 Å².